The van der Waals surface area contributed by atoms with Gasteiger partial charge in [0, 0.05) is 30.6 Å². The second kappa shape index (κ2) is 8.84. The Morgan fingerprint density at radius 1 is 0.897 bits per heavy atom. The molecular weight excluding hydrogens is 394 g/mol. The van der Waals surface area contributed by atoms with Gasteiger partial charge in [-0.3, -0.25) is 4.79 Å². The predicted octanol–water partition coefficient (Wildman–Crippen LogP) is 3.00. The van der Waals surface area contributed by atoms with Gasteiger partial charge < -0.3 is 14.2 Å². The average molecular weight is 419 g/mol. The zero-order valence-electron chi connectivity index (χ0n) is 16.8. The van der Waals surface area contributed by atoms with E-state index in [1.54, 1.807) is 43.5 Å². The van der Waals surface area contributed by atoms with Crippen molar-refractivity contribution in [1.82, 2.24) is 4.31 Å². The number of nitrogens with zero attached hydrogens (tertiary/aromatic N) is 1. The molecule has 0 N–H and O–H groups in total. The van der Waals surface area contributed by atoms with Crippen molar-refractivity contribution in [3.05, 3.63) is 48.0 Å². The summed E-state index contributed by atoms with van der Waals surface area (Å²) in [5, 5.41) is 0. The van der Waals surface area contributed by atoms with Crippen LogP contribution in [0.15, 0.2) is 47.4 Å². The summed E-state index contributed by atoms with van der Waals surface area (Å²) in [5.74, 6) is 1.22. The van der Waals surface area contributed by atoms with Crippen LogP contribution in [0.4, 0.5) is 0 Å². The fraction of sp³-hybridized carbons (Fsp3) is 0.381. The zero-order chi connectivity index (χ0) is 21.0. The molecule has 0 spiro atoms. The Kier molecular flexibility index (Phi) is 6.44. The maximum Gasteiger partial charge on any atom is 0.246 e. The van der Waals surface area contributed by atoms with Crippen LogP contribution in [0.2, 0.25) is 0 Å². The maximum atomic E-state index is 13.1. The first kappa shape index (κ1) is 21.1. The maximum absolute atomic E-state index is 13.1. The lowest BCUT2D eigenvalue weighted by molar-refractivity contribution is 0.0875. The third-order valence-corrected chi connectivity index (χ3v) is 7.11. The van der Waals surface area contributed by atoms with E-state index in [-0.39, 0.29) is 35.4 Å². The van der Waals surface area contributed by atoms with Gasteiger partial charge in [-0.05, 0) is 49.2 Å². The van der Waals surface area contributed by atoms with Crippen LogP contribution < -0.4 is 14.2 Å². The first-order valence-corrected chi connectivity index (χ1v) is 10.7. The SMILES string of the molecule is COc1ccc(C(=O)C2CCN(S(=O)(=O)c3cc(OC)ccc3OC)CC2)cc1. The Labute approximate surface area is 171 Å². The molecule has 0 unspecified atom stereocenters. The number of carbonyl (C=O) groups is 1. The molecule has 7 nitrogen and oxygen atoms in total. The van der Waals surface area contributed by atoms with Gasteiger partial charge in [-0.2, -0.15) is 4.31 Å². The highest BCUT2D eigenvalue weighted by Crippen LogP contribution is 2.33. The molecule has 0 aliphatic carbocycles. The standard InChI is InChI=1S/C21H25NO6S/c1-26-17-6-4-15(5-7-17)21(23)16-10-12-22(13-11-16)29(24,25)20-14-18(27-2)8-9-19(20)28-3/h4-9,14,16H,10-13H2,1-3H3. The van der Waals surface area contributed by atoms with E-state index in [1.807, 2.05) is 0 Å². The number of benzene rings is 2. The van der Waals surface area contributed by atoms with E-state index in [9.17, 15) is 13.2 Å². The van der Waals surface area contributed by atoms with Gasteiger partial charge in [0.15, 0.2) is 5.78 Å². The normalized spacial score (nSPS) is 15.7. The number of ether oxygens (including phenoxy) is 3. The lowest BCUT2D eigenvalue weighted by Crippen LogP contribution is -2.40. The Morgan fingerprint density at radius 3 is 2.03 bits per heavy atom. The number of hydrogen-bond donors (Lipinski definition) is 0. The summed E-state index contributed by atoms with van der Waals surface area (Å²) in [6.45, 7) is 0.546. The second-order valence-corrected chi connectivity index (χ2v) is 8.69. The largest absolute Gasteiger partial charge is 0.497 e. The van der Waals surface area contributed by atoms with Gasteiger partial charge in [-0.15, -0.1) is 0 Å². The highest BCUT2D eigenvalue weighted by atomic mass is 32.2. The minimum absolute atomic E-state index is 0.0312. The molecule has 0 radical (unpaired) electrons. The van der Waals surface area contributed by atoms with Crippen LogP contribution in [0.1, 0.15) is 23.2 Å². The van der Waals surface area contributed by atoms with E-state index in [1.165, 1.54) is 24.6 Å². The molecule has 0 atom stereocenters. The Hall–Kier alpha value is -2.58. The van der Waals surface area contributed by atoms with Gasteiger partial charge in [0.2, 0.25) is 10.0 Å². The first-order chi connectivity index (χ1) is 13.9. The van der Waals surface area contributed by atoms with Crippen molar-refractivity contribution in [2.24, 2.45) is 5.92 Å². The van der Waals surface area contributed by atoms with E-state index in [0.717, 1.165) is 0 Å². The van der Waals surface area contributed by atoms with E-state index >= 15 is 0 Å². The molecule has 1 fully saturated rings. The minimum atomic E-state index is -3.76. The third-order valence-electron chi connectivity index (χ3n) is 5.19. The first-order valence-electron chi connectivity index (χ1n) is 9.31. The number of Topliss-reactive ketones (excluding diaryl/α,β-unsaturated/α-hetero) is 1. The van der Waals surface area contributed by atoms with Gasteiger partial charge in [-0.25, -0.2) is 8.42 Å². The molecule has 0 aromatic heterocycles. The van der Waals surface area contributed by atoms with Gasteiger partial charge >= 0.3 is 0 Å². The summed E-state index contributed by atoms with van der Waals surface area (Å²) in [5.41, 5.74) is 0.613. The van der Waals surface area contributed by atoms with Crippen molar-refractivity contribution >= 4 is 15.8 Å². The van der Waals surface area contributed by atoms with Crippen LogP contribution in [0.5, 0.6) is 17.2 Å². The lowest BCUT2D eigenvalue weighted by atomic mass is 9.89. The van der Waals surface area contributed by atoms with Crippen LogP contribution in [0.3, 0.4) is 0 Å². The zero-order valence-corrected chi connectivity index (χ0v) is 17.6. The molecule has 2 aromatic carbocycles. The van der Waals surface area contributed by atoms with Crippen LogP contribution in [-0.2, 0) is 10.0 Å². The molecule has 8 heteroatoms. The summed E-state index contributed by atoms with van der Waals surface area (Å²) in [6.07, 6.45) is 0.937. The van der Waals surface area contributed by atoms with E-state index in [0.29, 0.717) is 29.9 Å². The molecule has 1 heterocycles. The molecule has 1 aliphatic rings. The van der Waals surface area contributed by atoms with Crippen LogP contribution in [0, 0.1) is 5.92 Å². The molecule has 0 amide bonds. The van der Waals surface area contributed by atoms with E-state index < -0.39 is 10.0 Å². The molecule has 0 bridgehead atoms. The van der Waals surface area contributed by atoms with Crippen molar-refractivity contribution in [3.8, 4) is 17.2 Å². The topological polar surface area (TPSA) is 82.1 Å². The predicted molar refractivity (Wildman–Crippen MR) is 108 cm³/mol. The van der Waals surface area contributed by atoms with Crippen molar-refractivity contribution < 1.29 is 27.4 Å². The van der Waals surface area contributed by atoms with Crippen molar-refractivity contribution in [1.29, 1.82) is 0 Å². The van der Waals surface area contributed by atoms with Gasteiger partial charge in [0.05, 0.1) is 21.3 Å². The summed E-state index contributed by atoms with van der Waals surface area (Å²) >= 11 is 0. The monoisotopic (exact) mass is 419 g/mol. The number of carbonyl (C=O) groups excluding carboxylic acids is 1. The molecule has 29 heavy (non-hydrogen) atoms. The molecular formula is C21H25NO6S. The van der Waals surface area contributed by atoms with E-state index in [4.69, 9.17) is 14.2 Å². The number of piperidine rings is 1. The molecule has 156 valence electrons. The highest BCUT2D eigenvalue weighted by molar-refractivity contribution is 7.89. The fourth-order valence-electron chi connectivity index (χ4n) is 3.47. The van der Waals surface area contributed by atoms with Crippen molar-refractivity contribution in [3.63, 3.8) is 0 Å². The number of sulfonamides is 1. The fourth-order valence-corrected chi connectivity index (χ4v) is 5.11. The minimum Gasteiger partial charge on any atom is -0.497 e. The van der Waals surface area contributed by atoms with Crippen LogP contribution in [-0.4, -0.2) is 52.9 Å². The average Bonchev–Trinajstić information content (AvgIpc) is 2.78. The third kappa shape index (κ3) is 4.38. The van der Waals surface area contributed by atoms with Crippen LogP contribution >= 0.6 is 0 Å². The molecule has 2 aromatic rings. The van der Waals surface area contributed by atoms with Crippen molar-refractivity contribution in [2.45, 2.75) is 17.7 Å². The number of methoxy groups -OCH3 is 3. The Bertz CT molecular complexity index is 963. The smallest absolute Gasteiger partial charge is 0.246 e. The van der Waals surface area contributed by atoms with Crippen molar-refractivity contribution in [2.75, 3.05) is 34.4 Å². The molecule has 1 aliphatic heterocycles. The molecule has 0 saturated carbocycles. The summed E-state index contributed by atoms with van der Waals surface area (Å²) < 4.78 is 43.2. The highest BCUT2D eigenvalue weighted by Gasteiger charge is 2.34. The molecule has 1 saturated heterocycles. The van der Waals surface area contributed by atoms with Gasteiger partial charge in [0.1, 0.15) is 22.1 Å². The van der Waals surface area contributed by atoms with E-state index in [2.05, 4.69) is 0 Å². The Balaban J connectivity index is 1.73. The summed E-state index contributed by atoms with van der Waals surface area (Å²) in [4.78, 5) is 12.8. The summed E-state index contributed by atoms with van der Waals surface area (Å²) in [6, 6.07) is 11.7. The van der Waals surface area contributed by atoms with Gasteiger partial charge in [-0.1, -0.05) is 0 Å². The number of ketones is 1. The summed E-state index contributed by atoms with van der Waals surface area (Å²) in [7, 11) is 0.726. The second-order valence-electron chi connectivity index (χ2n) is 6.79. The number of rotatable bonds is 7. The quantitative estimate of drug-likeness (QED) is 0.642. The van der Waals surface area contributed by atoms with Crippen LogP contribution in [0.25, 0.3) is 0 Å². The number of hydrogen-bond acceptors (Lipinski definition) is 6. The van der Waals surface area contributed by atoms with Gasteiger partial charge in [0.25, 0.3) is 0 Å². The molecule has 3 rings (SSSR count). The lowest BCUT2D eigenvalue weighted by Gasteiger charge is -2.31. The Morgan fingerprint density at radius 2 is 1.48 bits per heavy atom.